The molecule has 0 atom stereocenters. The highest BCUT2D eigenvalue weighted by Crippen LogP contribution is 2.20. The smallest absolute Gasteiger partial charge is 0.251 e. The molecule has 1 saturated carbocycles. The Balaban J connectivity index is 1.82. The van der Waals surface area contributed by atoms with E-state index >= 15 is 0 Å². The topological polar surface area (TPSA) is 84.2 Å². The average Bonchev–Trinajstić information content (AvgIpc) is 2.64. The van der Waals surface area contributed by atoms with E-state index < -0.39 is 0 Å². The third-order valence-corrected chi connectivity index (χ3v) is 5.06. The first-order valence-corrected chi connectivity index (χ1v) is 10.0. The monoisotopic (exact) mass is 359 g/mol. The van der Waals surface area contributed by atoms with E-state index in [0.717, 1.165) is 49.8 Å². The van der Waals surface area contributed by atoms with Gasteiger partial charge in [-0.15, -0.1) is 0 Å². The van der Waals surface area contributed by atoms with Crippen molar-refractivity contribution < 1.29 is 9.59 Å². The van der Waals surface area contributed by atoms with Crippen LogP contribution in [0.1, 0.15) is 80.1 Å². The second kappa shape index (κ2) is 11.0. The summed E-state index contributed by atoms with van der Waals surface area (Å²) < 4.78 is 0. The van der Waals surface area contributed by atoms with Gasteiger partial charge in [-0.2, -0.15) is 0 Å². The number of unbranched alkanes of at least 4 members (excludes halogenated alkanes) is 3. The molecule has 5 heteroatoms. The number of aryl methyl sites for hydroxylation is 1. The second-order valence-corrected chi connectivity index (χ2v) is 7.34. The molecule has 0 aromatic heterocycles. The van der Waals surface area contributed by atoms with E-state index in [1.165, 1.54) is 19.3 Å². The fraction of sp³-hybridized carbons (Fsp3) is 0.619. The van der Waals surface area contributed by atoms with Crippen LogP contribution in [0.4, 0.5) is 5.69 Å². The standard InChI is InChI=1S/C21H33N3O2/c1-16-15-17(21(26)23-18-9-5-4-6-10-18)12-13-19(16)24-20(25)11-7-2-3-8-14-22/h12-13,15,18H,2-11,14,22H2,1H3,(H,23,26)(H,24,25). The average molecular weight is 360 g/mol. The second-order valence-electron chi connectivity index (χ2n) is 7.34. The zero-order valence-electron chi connectivity index (χ0n) is 16.0. The Bertz CT molecular complexity index is 595. The lowest BCUT2D eigenvalue weighted by atomic mass is 9.95. The molecule has 0 unspecified atom stereocenters. The summed E-state index contributed by atoms with van der Waals surface area (Å²) in [6.07, 6.45) is 10.3. The van der Waals surface area contributed by atoms with Gasteiger partial charge in [-0.05, 0) is 62.9 Å². The highest BCUT2D eigenvalue weighted by Gasteiger charge is 2.17. The minimum Gasteiger partial charge on any atom is -0.349 e. The Labute approximate surface area is 157 Å². The van der Waals surface area contributed by atoms with Crippen molar-refractivity contribution in [3.63, 3.8) is 0 Å². The number of nitrogens with two attached hydrogens (primary N) is 1. The number of carbonyl (C=O) groups is 2. The number of hydrogen-bond acceptors (Lipinski definition) is 3. The summed E-state index contributed by atoms with van der Waals surface area (Å²) in [6.45, 7) is 2.64. The predicted octanol–water partition coefficient (Wildman–Crippen LogP) is 3.91. The van der Waals surface area contributed by atoms with Crippen molar-refractivity contribution in [3.8, 4) is 0 Å². The predicted molar refractivity (Wildman–Crippen MR) is 106 cm³/mol. The number of amides is 2. The lowest BCUT2D eigenvalue weighted by molar-refractivity contribution is -0.116. The summed E-state index contributed by atoms with van der Waals surface area (Å²) in [5.74, 6) is 0.0121. The zero-order valence-corrected chi connectivity index (χ0v) is 16.0. The van der Waals surface area contributed by atoms with E-state index in [4.69, 9.17) is 5.73 Å². The van der Waals surface area contributed by atoms with Crippen molar-refractivity contribution in [1.29, 1.82) is 0 Å². The lowest BCUT2D eigenvalue weighted by Gasteiger charge is -2.23. The summed E-state index contributed by atoms with van der Waals surface area (Å²) in [5.41, 5.74) is 7.83. The summed E-state index contributed by atoms with van der Waals surface area (Å²) in [7, 11) is 0. The van der Waals surface area contributed by atoms with Gasteiger partial charge in [0, 0.05) is 23.7 Å². The maximum atomic E-state index is 12.4. The Kier molecular flexibility index (Phi) is 8.62. The van der Waals surface area contributed by atoms with Gasteiger partial charge in [0.05, 0.1) is 0 Å². The number of carbonyl (C=O) groups excluding carboxylic acids is 2. The van der Waals surface area contributed by atoms with Crippen LogP contribution in [0.2, 0.25) is 0 Å². The number of anilines is 1. The maximum absolute atomic E-state index is 12.4. The molecule has 26 heavy (non-hydrogen) atoms. The molecular weight excluding hydrogens is 326 g/mol. The van der Waals surface area contributed by atoms with E-state index in [9.17, 15) is 9.59 Å². The third-order valence-electron chi connectivity index (χ3n) is 5.06. The minimum absolute atomic E-state index is 0.0159. The lowest BCUT2D eigenvalue weighted by Crippen LogP contribution is -2.36. The van der Waals surface area contributed by atoms with Gasteiger partial charge in [0.15, 0.2) is 0 Å². The molecular formula is C21H33N3O2. The zero-order chi connectivity index (χ0) is 18.8. The van der Waals surface area contributed by atoms with E-state index in [1.54, 1.807) is 6.07 Å². The number of benzene rings is 1. The molecule has 1 aliphatic carbocycles. The minimum atomic E-state index is -0.0159. The molecule has 5 nitrogen and oxygen atoms in total. The van der Waals surface area contributed by atoms with Crippen LogP contribution in [0.15, 0.2) is 18.2 Å². The van der Waals surface area contributed by atoms with Gasteiger partial charge in [0.1, 0.15) is 0 Å². The molecule has 1 aromatic carbocycles. The van der Waals surface area contributed by atoms with Crippen LogP contribution in [0.5, 0.6) is 0 Å². The molecule has 1 aliphatic rings. The van der Waals surface area contributed by atoms with Crippen LogP contribution >= 0.6 is 0 Å². The van der Waals surface area contributed by atoms with Crippen molar-refractivity contribution in [2.75, 3.05) is 11.9 Å². The largest absolute Gasteiger partial charge is 0.349 e. The molecule has 144 valence electrons. The molecule has 0 aliphatic heterocycles. The van der Waals surface area contributed by atoms with Gasteiger partial charge in [-0.1, -0.05) is 32.1 Å². The molecule has 0 bridgehead atoms. The highest BCUT2D eigenvalue weighted by atomic mass is 16.2. The third kappa shape index (κ3) is 6.79. The van der Waals surface area contributed by atoms with Gasteiger partial charge >= 0.3 is 0 Å². The molecule has 0 spiro atoms. The van der Waals surface area contributed by atoms with Crippen LogP contribution in [0, 0.1) is 6.92 Å². The Morgan fingerprint density at radius 3 is 2.50 bits per heavy atom. The van der Waals surface area contributed by atoms with Gasteiger partial charge in [-0.25, -0.2) is 0 Å². The van der Waals surface area contributed by atoms with Crippen LogP contribution in [0.25, 0.3) is 0 Å². The van der Waals surface area contributed by atoms with Gasteiger partial charge in [0.25, 0.3) is 5.91 Å². The van der Waals surface area contributed by atoms with Crippen molar-refractivity contribution in [2.24, 2.45) is 5.73 Å². The van der Waals surface area contributed by atoms with Crippen molar-refractivity contribution in [1.82, 2.24) is 5.32 Å². The number of nitrogens with one attached hydrogen (secondary N) is 2. The van der Waals surface area contributed by atoms with Crippen LogP contribution < -0.4 is 16.4 Å². The fourth-order valence-corrected chi connectivity index (χ4v) is 3.46. The maximum Gasteiger partial charge on any atom is 0.251 e. The van der Waals surface area contributed by atoms with Crippen LogP contribution in [-0.2, 0) is 4.79 Å². The molecule has 2 amide bonds. The van der Waals surface area contributed by atoms with Crippen molar-refractivity contribution in [2.45, 2.75) is 77.2 Å². The first-order chi connectivity index (χ1) is 12.6. The summed E-state index contributed by atoms with van der Waals surface area (Å²) >= 11 is 0. The van der Waals surface area contributed by atoms with Crippen LogP contribution in [-0.4, -0.2) is 24.4 Å². The van der Waals surface area contributed by atoms with E-state index in [-0.39, 0.29) is 11.8 Å². The van der Waals surface area contributed by atoms with Gasteiger partial charge < -0.3 is 16.4 Å². The summed E-state index contributed by atoms with van der Waals surface area (Å²) in [4.78, 5) is 24.5. The fourth-order valence-electron chi connectivity index (χ4n) is 3.46. The first-order valence-electron chi connectivity index (χ1n) is 10.0. The Morgan fingerprint density at radius 2 is 1.81 bits per heavy atom. The van der Waals surface area contributed by atoms with Crippen molar-refractivity contribution >= 4 is 17.5 Å². The molecule has 0 saturated heterocycles. The van der Waals surface area contributed by atoms with E-state index in [1.807, 2.05) is 19.1 Å². The normalized spacial score (nSPS) is 14.8. The number of rotatable bonds is 9. The summed E-state index contributed by atoms with van der Waals surface area (Å²) in [6, 6.07) is 5.78. The summed E-state index contributed by atoms with van der Waals surface area (Å²) in [5, 5.41) is 6.09. The van der Waals surface area contributed by atoms with E-state index in [0.29, 0.717) is 24.6 Å². The van der Waals surface area contributed by atoms with E-state index in [2.05, 4.69) is 10.6 Å². The Hall–Kier alpha value is -1.88. The molecule has 2 rings (SSSR count). The molecule has 1 aromatic rings. The molecule has 1 fully saturated rings. The number of hydrogen-bond donors (Lipinski definition) is 3. The molecule has 0 radical (unpaired) electrons. The SMILES string of the molecule is Cc1cc(C(=O)NC2CCCCC2)ccc1NC(=O)CCCCCCN. The van der Waals surface area contributed by atoms with Crippen molar-refractivity contribution in [3.05, 3.63) is 29.3 Å². The molecule has 0 heterocycles. The van der Waals surface area contributed by atoms with Crippen LogP contribution in [0.3, 0.4) is 0 Å². The highest BCUT2D eigenvalue weighted by molar-refractivity contribution is 5.96. The first kappa shape index (κ1) is 20.4. The Morgan fingerprint density at radius 1 is 1.08 bits per heavy atom. The van der Waals surface area contributed by atoms with Gasteiger partial charge in [-0.3, -0.25) is 9.59 Å². The quantitative estimate of drug-likeness (QED) is 0.585. The molecule has 4 N–H and O–H groups in total. The van der Waals surface area contributed by atoms with Gasteiger partial charge in [0.2, 0.25) is 5.91 Å².